The Bertz CT molecular complexity index is 143. The molecule has 0 aliphatic heterocycles. The van der Waals surface area contributed by atoms with Gasteiger partial charge in [0.2, 0.25) is 0 Å². The van der Waals surface area contributed by atoms with Crippen LogP contribution in [0.25, 0.3) is 0 Å². The van der Waals surface area contributed by atoms with Gasteiger partial charge in [0, 0.05) is 12.1 Å². The fourth-order valence-electron chi connectivity index (χ4n) is 0.383. The van der Waals surface area contributed by atoms with E-state index in [1.165, 1.54) is 12.4 Å². The molecule has 0 aromatic carbocycles. The third-order valence-corrected chi connectivity index (χ3v) is 0.688. The van der Waals surface area contributed by atoms with Crippen LogP contribution in [-0.2, 0) is 0 Å². The highest BCUT2D eigenvalue weighted by Crippen LogP contribution is 1.72. The first-order valence-electron chi connectivity index (χ1n) is 2.29. The van der Waals surface area contributed by atoms with Gasteiger partial charge in [0.15, 0.2) is 12.4 Å². The van der Waals surface area contributed by atoms with Crippen molar-refractivity contribution in [2.75, 3.05) is 0 Å². The number of aromatic nitrogens is 1. The van der Waals surface area contributed by atoms with Crippen molar-refractivity contribution in [1.82, 2.24) is 0 Å². The predicted octanol–water partition coefficient (Wildman–Crippen LogP) is -0.346. The number of nitrogens with two attached hydrogens (primary N) is 1. The number of pyridine rings is 1. The van der Waals surface area contributed by atoms with E-state index in [1.807, 2.05) is 0 Å². The second-order valence-corrected chi connectivity index (χ2v) is 1.24. The van der Waals surface area contributed by atoms with E-state index in [0.29, 0.717) is 0 Å². The summed E-state index contributed by atoms with van der Waals surface area (Å²) in [6, 6.07) is 5.18. The van der Waals surface area contributed by atoms with Gasteiger partial charge in [0.1, 0.15) is 0 Å². The molecule has 1 aromatic rings. The fraction of sp³-hybridized carbons (Fsp3) is 0. The Hall–Kier alpha value is -1.13. The Kier molecular flexibility index (Phi) is 4.39. The molecule has 0 saturated carbocycles. The van der Waals surface area contributed by atoms with Crippen molar-refractivity contribution in [2.45, 2.75) is 0 Å². The smallest absolute Gasteiger partial charge is 0.180 e. The summed E-state index contributed by atoms with van der Waals surface area (Å²) in [4.78, 5) is 0. The third kappa shape index (κ3) is 3.45. The minimum absolute atomic E-state index is 0.750. The molecule has 4 nitrogen and oxygen atoms in total. The van der Waals surface area contributed by atoms with Crippen molar-refractivity contribution in [3.63, 3.8) is 0 Å². The molecule has 0 amide bonds. The van der Waals surface area contributed by atoms with E-state index >= 15 is 0 Å². The molecular formula is C5H8N2O2. The molecule has 0 fully saturated rings. The normalized spacial score (nSPS) is 7.33. The summed E-state index contributed by atoms with van der Waals surface area (Å²) < 4.78 is 0.750. The zero-order valence-corrected chi connectivity index (χ0v) is 4.77. The van der Waals surface area contributed by atoms with Gasteiger partial charge < -0.3 is 10.4 Å². The average molecular weight is 128 g/mol. The van der Waals surface area contributed by atoms with Crippen LogP contribution in [0.5, 0.6) is 0 Å². The predicted molar refractivity (Wildman–Crippen MR) is 31.4 cm³/mol. The Morgan fingerprint density at radius 2 is 1.56 bits per heavy atom. The molecule has 9 heavy (non-hydrogen) atoms. The second kappa shape index (κ2) is 5.02. The van der Waals surface area contributed by atoms with E-state index < -0.39 is 0 Å². The fourth-order valence-corrected chi connectivity index (χ4v) is 0.383. The molecule has 50 valence electrons. The van der Waals surface area contributed by atoms with Crippen molar-refractivity contribution in [3.05, 3.63) is 35.8 Å². The van der Waals surface area contributed by atoms with Crippen LogP contribution in [0.15, 0.2) is 30.6 Å². The third-order valence-electron chi connectivity index (χ3n) is 0.688. The minimum atomic E-state index is 0.750. The van der Waals surface area contributed by atoms with Gasteiger partial charge in [0.25, 0.3) is 0 Å². The second-order valence-electron chi connectivity index (χ2n) is 1.24. The molecular weight excluding hydrogens is 120 g/mol. The molecule has 1 aromatic heterocycles. The van der Waals surface area contributed by atoms with E-state index in [4.69, 9.17) is 5.21 Å². The van der Waals surface area contributed by atoms with Gasteiger partial charge in [0.05, 0.1) is 0 Å². The zero-order chi connectivity index (χ0) is 7.11. The average Bonchev–Trinajstić information content (AvgIpc) is 1.94. The molecule has 0 spiro atoms. The number of nitrogens with zero attached hydrogens (tertiary/aromatic N) is 1. The molecule has 1 heterocycles. The summed E-state index contributed by atoms with van der Waals surface area (Å²) >= 11 is 0. The van der Waals surface area contributed by atoms with Crippen molar-refractivity contribution >= 4 is 0 Å². The van der Waals surface area contributed by atoms with Crippen molar-refractivity contribution in [3.8, 4) is 0 Å². The number of hydrogen-bond acceptors (Lipinski definition) is 3. The summed E-state index contributed by atoms with van der Waals surface area (Å²) in [5.41, 5.74) is 0. The highest BCUT2D eigenvalue weighted by atomic mass is 16.5. The van der Waals surface area contributed by atoms with Crippen LogP contribution in [0, 0.1) is 5.21 Å². The van der Waals surface area contributed by atoms with Crippen molar-refractivity contribution in [1.29, 1.82) is 0 Å². The Morgan fingerprint density at radius 1 is 1.11 bits per heavy atom. The van der Waals surface area contributed by atoms with Crippen LogP contribution in [0.3, 0.4) is 0 Å². The van der Waals surface area contributed by atoms with Crippen LogP contribution in [0.2, 0.25) is 0 Å². The van der Waals surface area contributed by atoms with Gasteiger partial charge in [-0.05, 0) is 0 Å². The molecule has 4 heteroatoms. The molecule has 0 aliphatic rings. The van der Waals surface area contributed by atoms with Crippen molar-refractivity contribution < 1.29 is 9.94 Å². The van der Waals surface area contributed by atoms with Crippen molar-refractivity contribution in [2.24, 2.45) is 5.90 Å². The van der Waals surface area contributed by atoms with Gasteiger partial charge >= 0.3 is 0 Å². The quantitative estimate of drug-likeness (QED) is 0.285. The van der Waals surface area contributed by atoms with Crippen LogP contribution in [0.4, 0.5) is 0 Å². The van der Waals surface area contributed by atoms with Gasteiger partial charge in [-0.3, -0.25) is 0 Å². The first-order valence-corrected chi connectivity index (χ1v) is 2.29. The molecule has 0 saturated heterocycles. The summed E-state index contributed by atoms with van der Waals surface area (Å²) in [5, 5.41) is 16.7. The van der Waals surface area contributed by atoms with E-state index in [0.717, 1.165) is 4.73 Å². The highest BCUT2D eigenvalue weighted by molar-refractivity contribution is 4.83. The molecule has 0 unspecified atom stereocenters. The molecule has 0 radical (unpaired) electrons. The first-order chi connectivity index (χ1) is 4.39. The number of hydrogen-bond donors (Lipinski definition) is 2. The van der Waals surface area contributed by atoms with Gasteiger partial charge in [-0.1, -0.05) is 6.07 Å². The van der Waals surface area contributed by atoms with Crippen LogP contribution < -0.4 is 10.6 Å². The van der Waals surface area contributed by atoms with E-state index in [2.05, 4.69) is 5.90 Å². The van der Waals surface area contributed by atoms with E-state index in [1.54, 1.807) is 18.2 Å². The standard InChI is InChI=1S/C5H5NO.H3NO/c7-6-4-2-1-3-5-6;1-2/h1-5H;2H,1H2. The molecule has 3 N–H and O–H groups in total. The summed E-state index contributed by atoms with van der Waals surface area (Å²) in [5.74, 6) is 3.50. The topological polar surface area (TPSA) is 73.2 Å². The Morgan fingerprint density at radius 3 is 1.78 bits per heavy atom. The van der Waals surface area contributed by atoms with Gasteiger partial charge in [-0.2, -0.15) is 4.73 Å². The van der Waals surface area contributed by atoms with Crippen LogP contribution >= 0.6 is 0 Å². The maximum absolute atomic E-state index is 10.2. The lowest BCUT2D eigenvalue weighted by atomic mass is 10.5. The lowest BCUT2D eigenvalue weighted by molar-refractivity contribution is -0.605. The van der Waals surface area contributed by atoms with Gasteiger partial charge in [-0.25, -0.2) is 5.90 Å². The lowest BCUT2D eigenvalue weighted by Crippen LogP contribution is -2.22. The minimum Gasteiger partial charge on any atom is -0.619 e. The maximum Gasteiger partial charge on any atom is 0.180 e. The summed E-state index contributed by atoms with van der Waals surface area (Å²) in [7, 11) is 0. The lowest BCUT2D eigenvalue weighted by Gasteiger charge is -1.88. The first kappa shape index (κ1) is 7.87. The SMILES string of the molecule is NO.[O-][n+]1ccccc1. The molecule has 0 aliphatic carbocycles. The summed E-state index contributed by atoms with van der Waals surface area (Å²) in [6.07, 6.45) is 2.89. The van der Waals surface area contributed by atoms with Crippen LogP contribution in [0.1, 0.15) is 0 Å². The monoisotopic (exact) mass is 128 g/mol. The Labute approximate surface area is 52.7 Å². The maximum atomic E-state index is 10.2. The van der Waals surface area contributed by atoms with Crippen LogP contribution in [-0.4, -0.2) is 5.21 Å². The Balaban J connectivity index is 0.000000291. The number of rotatable bonds is 0. The van der Waals surface area contributed by atoms with E-state index in [9.17, 15) is 5.21 Å². The van der Waals surface area contributed by atoms with Gasteiger partial charge in [-0.15, -0.1) is 0 Å². The molecule has 1 rings (SSSR count). The molecule has 0 atom stereocenters. The van der Waals surface area contributed by atoms with E-state index in [-0.39, 0.29) is 0 Å². The summed E-state index contributed by atoms with van der Waals surface area (Å²) in [6.45, 7) is 0. The highest BCUT2D eigenvalue weighted by Gasteiger charge is 1.74. The zero-order valence-electron chi connectivity index (χ0n) is 4.77. The molecule has 0 bridgehead atoms. The largest absolute Gasteiger partial charge is 0.619 e.